The van der Waals surface area contributed by atoms with Crippen molar-refractivity contribution in [1.29, 1.82) is 0 Å². The van der Waals surface area contributed by atoms with Gasteiger partial charge in [0.15, 0.2) is 5.16 Å². The third-order valence-electron chi connectivity index (χ3n) is 3.64. The van der Waals surface area contributed by atoms with Gasteiger partial charge in [-0.2, -0.15) is 0 Å². The van der Waals surface area contributed by atoms with E-state index >= 15 is 0 Å². The molecule has 0 unspecified atom stereocenters. The molecule has 1 N–H and O–H groups in total. The zero-order valence-corrected chi connectivity index (χ0v) is 15.8. The van der Waals surface area contributed by atoms with Crippen molar-refractivity contribution >= 4 is 29.3 Å². The Morgan fingerprint density at radius 3 is 2.54 bits per heavy atom. The first kappa shape index (κ1) is 18.4. The third-order valence-corrected chi connectivity index (χ3v) is 4.74. The van der Waals surface area contributed by atoms with Gasteiger partial charge in [-0.05, 0) is 30.7 Å². The topological polar surface area (TPSA) is 54.9 Å². The van der Waals surface area contributed by atoms with Crippen LogP contribution in [0.2, 0.25) is 5.02 Å². The maximum absolute atomic E-state index is 12.1. The van der Waals surface area contributed by atoms with Crippen LogP contribution in [-0.2, 0) is 11.3 Å². The van der Waals surface area contributed by atoms with Gasteiger partial charge in [-0.3, -0.25) is 4.79 Å². The number of amides is 1. The van der Waals surface area contributed by atoms with Crippen molar-refractivity contribution in [3.05, 3.63) is 76.9 Å². The molecular weight excluding hydrogens is 366 g/mol. The molecule has 0 saturated carbocycles. The molecule has 0 saturated heterocycles. The average molecular weight is 384 g/mol. The van der Waals surface area contributed by atoms with Crippen molar-refractivity contribution in [2.45, 2.75) is 18.6 Å². The number of rotatable bonds is 6. The number of carbonyl (C=O) groups is 1. The van der Waals surface area contributed by atoms with Crippen molar-refractivity contribution in [2.75, 3.05) is 5.75 Å². The van der Waals surface area contributed by atoms with E-state index in [0.29, 0.717) is 16.7 Å². The van der Waals surface area contributed by atoms with Crippen molar-refractivity contribution in [3.8, 4) is 11.3 Å². The summed E-state index contributed by atoms with van der Waals surface area (Å²) in [5.74, 6) is 0.210. The fourth-order valence-electron chi connectivity index (χ4n) is 2.35. The molecule has 0 aliphatic rings. The van der Waals surface area contributed by atoms with E-state index in [0.717, 1.165) is 22.5 Å². The first-order valence-electron chi connectivity index (χ1n) is 8.15. The highest BCUT2D eigenvalue weighted by atomic mass is 35.5. The molecule has 0 radical (unpaired) electrons. The van der Waals surface area contributed by atoms with Crippen LogP contribution in [0.15, 0.2) is 65.8 Å². The van der Waals surface area contributed by atoms with E-state index in [9.17, 15) is 4.79 Å². The van der Waals surface area contributed by atoms with Crippen molar-refractivity contribution in [2.24, 2.45) is 0 Å². The smallest absolute Gasteiger partial charge is 0.230 e. The van der Waals surface area contributed by atoms with Gasteiger partial charge < -0.3 is 5.32 Å². The highest BCUT2D eigenvalue weighted by molar-refractivity contribution is 7.99. The lowest BCUT2D eigenvalue weighted by Gasteiger charge is -2.07. The second kappa shape index (κ2) is 8.83. The van der Waals surface area contributed by atoms with E-state index in [1.54, 1.807) is 0 Å². The molecule has 6 heteroatoms. The number of nitrogens with zero attached hydrogens (tertiary/aromatic N) is 2. The minimum Gasteiger partial charge on any atom is -0.351 e. The zero-order valence-electron chi connectivity index (χ0n) is 14.3. The average Bonchev–Trinajstić information content (AvgIpc) is 2.66. The van der Waals surface area contributed by atoms with Crippen LogP contribution in [0.3, 0.4) is 0 Å². The molecule has 1 heterocycles. The highest BCUT2D eigenvalue weighted by Gasteiger charge is 2.08. The van der Waals surface area contributed by atoms with Crippen LogP contribution in [0.4, 0.5) is 0 Å². The van der Waals surface area contributed by atoms with Gasteiger partial charge in [0.05, 0.1) is 11.4 Å². The van der Waals surface area contributed by atoms with Gasteiger partial charge in [-0.15, -0.1) is 0 Å². The molecule has 1 aromatic heterocycles. The Bertz CT molecular complexity index is 885. The number of nitrogens with one attached hydrogen (secondary N) is 1. The molecular formula is C20H18ClN3OS. The molecule has 0 aliphatic heterocycles. The van der Waals surface area contributed by atoms with Gasteiger partial charge >= 0.3 is 0 Å². The Kier molecular flexibility index (Phi) is 6.26. The van der Waals surface area contributed by atoms with Crippen LogP contribution in [0.25, 0.3) is 11.3 Å². The summed E-state index contributed by atoms with van der Waals surface area (Å²) in [6, 6.07) is 19.3. The summed E-state index contributed by atoms with van der Waals surface area (Å²) in [5.41, 5.74) is 3.78. The molecule has 0 spiro atoms. The summed E-state index contributed by atoms with van der Waals surface area (Å²) in [7, 11) is 0. The van der Waals surface area contributed by atoms with Crippen molar-refractivity contribution < 1.29 is 4.79 Å². The molecule has 4 nitrogen and oxygen atoms in total. The lowest BCUT2D eigenvalue weighted by Crippen LogP contribution is -2.24. The molecule has 0 aliphatic carbocycles. The molecule has 1 amide bonds. The molecule has 132 valence electrons. The lowest BCUT2D eigenvalue weighted by atomic mass is 10.1. The quantitative estimate of drug-likeness (QED) is 0.502. The second-order valence-electron chi connectivity index (χ2n) is 5.74. The molecule has 0 atom stereocenters. The van der Waals surface area contributed by atoms with Gasteiger partial charge in [0.1, 0.15) is 0 Å². The summed E-state index contributed by atoms with van der Waals surface area (Å²) in [4.78, 5) is 21.1. The van der Waals surface area contributed by atoms with Crippen LogP contribution < -0.4 is 5.32 Å². The zero-order chi connectivity index (χ0) is 18.4. The Labute approximate surface area is 162 Å². The van der Waals surface area contributed by atoms with Crippen LogP contribution in [0, 0.1) is 6.92 Å². The number of benzene rings is 2. The van der Waals surface area contributed by atoms with Crippen molar-refractivity contribution in [3.63, 3.8) is 0 Å². The van der Waals surface area contributed by atoms with Crippen LogP contribution in [0.5, 0.6) is 0 Å². The summed E-state index contributed by atoms with van der Waals surface area (Å²) in [6.07, 6.45) is 0. The third kappa shape index (κ3) is 5.31. The van der Waals surface area contributed by atoms with E-state index in [1.165, 1.54) is 11.8 Å². The van der Waals surface area contributed by atoms with Gasteiger partial charge in [-0.25, -0.2) is 9.97 Å². The number of aryl methyl sites for hydroxylation is 1. The summed E-state index contributed by atoms with van der Waals surface area (Å²) >= 11 is 7.19. The number of halogens is 1. The molecule has 0 bridgehead atoms. The standard InChI is InChI=1S/C20H18ClN3OS/c1-14-11-18(16-5-3-2-4-6-16)24-20(23-14)26-13-19(25)22-12-15-7-9-17(21)10-8-15/h2-11H,12-13H2,1H3,(H,22,25). The molecule has 26 heavy (non-hydrogen) atoms. The predicted molar refractivity (Wildman–Crippen MR) is 106 cm³/mol. The number of aromatic nitrogens is 2. The fraction of sp³-hybridized carbons (Fsp3) is 0.150. The normalized spacial score (nSPS) is 10.5. The second-order valence-corrected chi connectivity index (χ2v) is 7.11. The maximum atomic E-state index is 12.1. The SMILES string of the molecule is Cc1cc(-c2ccccc2)nc(SCC(=O)NCc2ccc(Cl)cc2)n1. The van der Waals surface area contributed by atoms with Gasteiger partial charge in [-0.1, -0.05) is 65.8 Å². The van der Waals surface area contributed by atoms with Crippen LogP contribution in [-0.4, -0.2) is 21.6 Å². The number of hydrogen-bond acceptors (Lipinski definition) is 4. The van der Waals surface area contributed by atoms with Gasteiger partial charge in [0, 0.05) is 22.8 Å². The van der Waals surface area contributed by atoms with E-state index in [2.05, 4.69) is 15.3 Å². The first-order valence-corrected chi connectivity index (χ1v) is 9.51. The predicted octanol–water partition coefficient (Wildman–Crippen LogP) is 4.51. The molecule has 0 fully saturated rings. The summed E-state index contributed by atoms with van der Waals surface area (Å²) < 4.78 is 0. The van der Waals surface area contributed by atoms with Gasteiger partial charge in [0.25, 0.3) is 0 Å². The van der Waals surface area contributed by atoms with Crippen LogP contribution >= 0.6 is 23.4 Å². The summed E-state index contributed by atoms with van der Waals surface area (Å²) in [6.45, 7) is 2.40. The largest absolute Gasteiger partial charge is 0.351 e. The Morgan fingerprint density at radius 1 is 1.08 bits per heavy atom. The number of carbonyl (C=O) groups excluding carboxylic acids is 1. The number of hydrogen-bond donors (Lipinski definition) is 1. The molecule has 3 rings (SSSR count). The molecule has 2 aromatic carbocycles. The van der Waals surface area contributed by atoms with Crippen molar-refractivity contribution in [1.82, 2.24) is 15.3 Å². The minimum atomic E-state index is -0.0590. The molecule has 3 aromatic rings. The van der Waals surface area contributed by atoms with E-state index in [-0.39, 0.29) is 11.7 Å². The maximum Gasteiger partial charge on any atom is 0.230 e. The fourth-order valence-corrected chi connectivity index (χ4v) is 3.21. The summed E-state index contributed by atoms with van der Waals surface area (Å²) in [5, 5.41) is 4.18. The lowest BCUT2D eigenvalue weighted by molar-refractivity contribution is -0.118. The Hall–Kier alpha value is -2.37. The highest BCUT2D eigenvalue weighted by Crippen LogP contribution is 2.21. The Balaban J connectivity index is 1.58. The van der Waals surface area contributed by atoms with E-state index in [4.69, 9.17) is 11.6 Å². The van der Waals surface area contributed by atoms with E-state index < -0.39 is 0 Å². The van der Waals surface area contributed by atoms with Gasteiger partial charge in [0.2, 0.25) is 5.91 Å². The van der Waals surface area contributed by atoms with E-state index in [1.807, 2.05) is 67.6 Å². The number of thioether (sulfide) groups is 1. The Morgan fingerprint density at radius 2 is 1.81 bits per heavy atom. The monoisotopic (exact) mass is 383 g/mol. The van der Waals surface area contributed by atoms with Crippen LogP contribution in [0.1, 0.15) is 11.3 Å². The first-order chi connectivity index (χ1) is 12.6. The minimum absolute atomic E-state index is 0.0590.